The van der Waals surface area contributed by atoms with Gasteiger partial charge in [0, 0.05) is 16.3 Å². The molecule has 1 N–H and O–H groups in total. The second kappa shape index (κ2) is 8.05. The molecule has 10 heteroatoms. The van der Waals surface area contributed by atoms with Crippen LogP contribution in [0.3, 0.4) is 0 Å². The zero-order chi connectivity index (χ0) is 19.6. The number of esters is 1. The predicted molar refractivity (Wildman–Crippen MR) is 103 cm³/mol. The van der Waals surface area contributed by atoms with Gasteiger partial charge in [-0.25, -0.2) is 9.97 Å². The summed E-state index contributed by atoms with van der Waals surface area (Å²) in [4.78, 5) is 34.8. The number of hydrogen-bond donors (Lipinski definition) is 1. The summed E-state index contributed by atoms with van der Waals surface area (Å²) in [6.45, 7) is 7.20. The summed E-state index contributed by atoms with van der Waals surface area (Å²) in [7, 11) is 0. The number of rotatable bonds is 6. The van der Waals surface area contributed by atoms with Gasteiger partial charge in [-0.15, -0.1) is 11.3 Å². The van der Waals surface area contributed by atoms with Crippen LogP contribution in [0.4, 0.5) is 5.82 Å². The Balaban J connectivity index is 1.56. The molecule has 0 aliphatic carbocycles. The van der Waals surface area contributed by atoms with Gasteiger partial charge in [0.1, 0.15) is 21.4 Å². The molecule has 0 aromatic carbocycles. The monoisotopic (exact) mass is 406 g/mol. The van der Waals surface area contributed by atoms with Crippen molar-refractivity contribution >= 4 is 51.0 Å². The third-order valence-electron chi connectivity index (χ3n) is 3.69. The van der Waals surface area contributed by atoms with Gasteiger partial charge in [-0.05, 0) is 33.3 Å². The van der Waals surface area contributed by atoms with Crippen LogP contribution in [0.5, 0.6) is 0 Å². The van der Waals surface area contributed by atoms with E-state index in [0.717, 1.165) is 20.8 Å². The molecule has 0 unspecified atom stereocenters. The molecule has 0 saturated heterocycles. The molecule has 3 aromatic heterocycles. The van der Waals surface area contributed by atoms with E-state index in [2.05, 4.69) is 20.4 Å². The highest BCUT2D eigenvalue weighted by Crippen LogP contribution is 2.35. The van der Waals surface area contributed by atoms with Gasteiger partial charge in [-0.3, -0.25) is 9.59 Å². The molecular formula is C17H18N4O4S2. The normalized spacial score (nSPS) is 11.0. The van der Waals surface area contributed by atoms with Crippen molar-refractivity contribution in [3.05, 3.63) is 28.1 Å². The molecule has 3 rings (SSSR count). The SMILES string of the molecule is Cc1nc(SCC(=O)OCC(=O)Nc2cc(C)on2)c2c(C)c(C)sc2n1. The molecule has 27 heavy (non-hydrogen) atoms. The third-order valence-corrected chi connectivity index (χ3v) is 5.74. The van der Waals surface area contributed by atoms with E-state index in [4.69, 9.17) is 9.26 Å². The van der Waals surface area contributed by atoms with Crippen molar-refractivity contribution < 1.29 is 18.8 Å². The fraction of sp³-hybridized carbons (Fsp3) is 0.353. The number of nitrogens with zero attached hydrogens (tertiary/aromatic N) is 3. The van der Waals surface area contributed by atoms with E-state index in [1.807, 2.05) is 20.8 Å². The minimum Gasteiger partial charge on any atom is -0.455 e. The standard InChI is InChI=1S/C17H18N4O4S2/c1-8-5-12(21-25-8)20-13(22)6-24-14(23)7-26-16-15-9(2)10(3)27-17(15)19-11(4)18-16/h5H,6-7H2,1-4H3,(H,20,21,22). The Morgan fingerprint density at radius 2 is 2.04 bits per heavy atom. The smallest absolute Gasteiger partial charge is 0.316 e. The highest BCUT2D eigenvalue weighted by atomic mass is 32.2. The molecule has 8 nitrogen and oxygen atoms in total. The molecule has 0 fully saturated rings. The summed E-state index contributed by atoms with van der Waals surface area (Å²) >= 11 is 2.89. The largest absolute Gasteiger partial charge is 0.455 e. The van der Waals surface area contributed by atoms with Crippen molar-refractivity contribution in [3.8, 4) is 0 Å². The minimum atomic E-state index is -0.500. The lowest BCUT2D eigenvalue weighted by Crippen LogP contribution is -2.21. The van der Waals surface area contributed by atoms with E-state index in [-0.39, 0.29) is 18.2 Å². The molecule has 0 radical (unpaired) electrons. The maximum Gasteiger partial charge on any atom is 0.316 e. The predicted octanol–water partition coefficient (Wildman–Crippen LogP) is 3.19. The van der Waals surface area contributed by atoms with Crippen molar-refractivity contribution in [3.63, 3.8) is 0 Å². The van der Waals surface area contributed by atoms with Gasteiger partial charge in [-0.1, -0.05) is 16.9 Å². The Labute approximate surface area is 163 Å². The van der Waals surface area contributed by atoms with Crippen LogP contribution in [0.1, 0.15) is 22.0 Å². The van der Waals surface area contributed by atoms with Crippen LogP contribution in [0.25, 0.3) is 10.2 Å². The van der Waals surface area contributed by atoms with Crippen LogP contribution in [0.2, 0.25) is 0 Å². The average molecular weight is 406 g/mol. The fourth-order valence-electron chi connectivity index (χ4n) is 2.34. The van der Waals surface area contributed by atoms with Gasteiger partial charge < -0.3 is 14.6 Å². The van der Waals surface area contributed by atoms with Crippen molar-refractivity contribution in [2.24, 2.45) is 0 Å². The first-order chi connectivity index (χ1) is 12.8. The van der Waals surface area contributed by atoms with Crippen LogP contribution in [0, 0.1) is 27.7 Å². The summed E-state index contributed by atoms with van der Waals surface area (Å²) in [6.07, 6.45) is 0. The number of aromatic nitrogens is 3. The average Bonchev–Trinajstić information content (AvgIpc) is 3.13. The van der Waals surface area contributed by atoms with Gasteiger partial charge in [0.25, 0.3) is 5.91 Å². The lowest BCUT2D eigenvalue weighted by atomic mass is 10.2. The molecule has 0 saturated carbocycles. The molecule has 1 amide bonds. The Hall–Kier alpha value is -2.46. The first kappa shape index (κ1) is 19.3. The van der Waals surface area contributed by atoms with Crippen molar-refractivity contribution in [2.75, 3.05) is 17.7 Å². The lowest BCUT2D eigenvalue weighted by Gasteiger charge is -2.06. The van der Waals surface area contributed by atoms with Gasteiger partial charge in [0.2, 0.25) is 0 Å². The molecule has 142 valence electrons. The lowest BCUT2D eigenvalue weighted by molar-refractivity contribution is -0.144. The number of hydrogen-bond acceptors (Lipinski definition) is 9. The number of nitrogens with one attached hydrogen (secondary N) is 1. The highest BCUT2D eigenvalue weighted by molar-refractivity contribution is 8.00. The molecule has 0 aliphatic heterocycles. The zero-order valence-corrected chi connectivity index (χ0v) is 16.9. The molecule has 3 aromatic rings. The minimum absolute atomic E-state index is 0.0518. The van der Waals surface area contributed by atoms with Gasteiger partial charge in [0.05, 0.1) is 5.75 Å². The molecule has 0 bridgehead atoms. The van der Waals surface area contributed by atoms with Crippen molar-refractivity contribution in [1.82, 2.24) is 15.1 Å². The first-order valence-corrected chi connectivity index (χ1v) is 9.89. The second-order valence-electron chi connectivity index (χ2n) is 5.86. The Morgan fingerprint density at radius 1 is 1.26 bits per heavy atom. The van der Waals surface area contributed by atoms with Gasteiger partial charge >= 0.3 is 5.97 Å². The maximum absolute atomic E-state index is 12.0. The number of anilines is 1. The topological polar surface area (TPSA) is 107 Å². The number of aryl methyl sites for hydroxylation is 4. The van der Waals surface area contributed by atoms with E-state index < -0.39 is 11.9 Å². The zero-order valence-electron chi connectivity index (χ0n) is 15.3. The van der Waals surface area contributed by atoms with Gasteiger partial charge in [0.15, 0.2) is 12.4 Å². The molecular weight excluding hydrogens is 388 g/mol. The fourth-order valence-corrected chi connectivity index (χ4v) is 4.41. The van der Waals surface area contributed by atoms with Crippen LogP contribution < -0.4 is 5.32 Å². The molecule has 0 spiro atoms. The van der Waals surface area contributed by atoms with Crippen molar-refractivity contribution in [1.29, 1.82) is 0 Å². The summed E-state index contributed by atoms with van der Waals surface area (Å²) in [5.74, 6) is 0.582. The Morgan fingerprint density at radius 3 is 2.74 bits per heavy atom. The number of thiophene rings is 1. The molecule has 0 atom stereocenters. The van der Waals surface area contributed by atoms with E-state index in [1.54, 1.807) is 24.3 Å². The quantitative estimate of drug-likeness (QED) is 0.378. The maximum atomic E-state index is 12.0. The second-order valence-corrected chi connectivity index (χ2v) is 8.03. The van der Waals surface area contributed by atoms with E-state index >= 15 is 0 Å². The van der Waals surface area contributed by atoms with Crippen LogP contribution in [-0.4, -0.2) is 39.4 Å². The summed E-state index contributed by atoms with van der Waals surface area (Å²) in [5, 5.41) is 7.85. The van der Waals surface area contributed by atoms with Crippen LogP contribution >= 0.6 is 23.1 Å². The summed E-state index contributed by atoms with van der Waals surface area (Å²) in [5.41, 5.74) is 1.12. The Bertz CT molecular complexity index is 1010. The number of amides is 1. The number of fused-ring (bicyclic) bond motifs is 1. The number of carbonyl (C=O) groups excluding carboxylic acids is 2. The summed E-state index contributed by atoms with van der Waals surface area (Å²) in [6, 6.07) is 1.57. The Kier molecular flexibility index (Phi) is 5.76. The number of thioether (sulfide) groups is 1. The van der Waals surface area contributed by atoms with Crippen LogP contribution in [-0.2, 0) is 14.3 Å². The first-order valence-electron chi connectivity index (χ1n) is 8.09. The number of carbonyl (C=O) groups is 2. The highest BCUT2D eigenvalue weighted by Gasteiger charge is 2.16. The van der Waals surface area contributed by atoms with E-state index in [9.17, 15) is 9.59 Å². The van der Waals surface area contributed by atoms with Crippen molar-refractivity contribution in [2.45, 2.75) is 32.7 Å². The van der Waals surface area contributed by atoms with E-state index in [1.165, 1.54) is 16.6 Å². The molecule has 3 heterocycles. The number of ether oxygens (including phenoxy) is 1. The third kappa shape index (κ3) is 4.64. The van der Waals surface area contributed by atoms with E-state index in [0.29, 0.717) is 11.6 Å². The molecule has 0 aliphatic rings. The van der Waals surface area contributed by atoms with Crippen LogP contribution in [0.15, 0.2) is 15.6 Å². The summed E-state index contributed by atoms with van der Waals surface area (Å²) < 4.78 is 9.86. The van der Waals surface area contributed by atoms with Gasteiger partial charge in [-0.2, -0.15) is 0 Å².